The summed E-state index contributed by atoms with van der Waals surface area (Å²) in [4.78, 5) is 15.6. The van der Waals surface area contributed by atoms with Crippen molar-refractivity contribution in [1.29, 1.82) is 0 Å². The molecule has 18 heavy (non-hydrogen) atoms. The van der Waals surface area contributed by atoms with Gasteiger partial charge in [0, 0.05) is 6.54 Å². The summed E-state index contributed by atoms with van der Waals surface area (Å²) < 4.78 is 5.33. The van der Waals surface area contributed by atoms with Crippen LogP contribution < -0.4 is 10.6 Å². The van der Waals surface area contributed by atoms with Gasteiger partial charge in [0.1, 0.15) is 5.76 Å². The number of oxazole rings is 1. The van der Waals surface area contributed by atoms with E-state index < -0.39 is 0 Å². The summed E-state index contributed by atoms with van der Waals surface area (Å²) in [6.45, 7) is 6.30. The minimum Gasteiger partial charge on any atom is -0.444 e. The fraction of sp³-hybridized carbons (Fsp3) is 0.667. The minimum atomic E-state index is -0.359. The normalized spacial score (nSPS) is 12.2. The molecule has 1 aromatic heterocycles. The molecule has 0 aliphatic heterocycles. The van der Waals surface area contributed by atoms with Crippen LogP contribution in [0.4, 0.5) is 4.79 Å². The Kier molecular flexibility index (Phi) is 5.64. The summed E-state index contributed by atoms with van der Waals surface area (Å²) >= 11 is 0. The third-order valence-corrected chi connectivity index (χ3v) is 2.71. The van der Waals surface area contributed by atoms with Crippen molar-refractivity contribution in [3.05, 3.63) is 17.3 Å². The second-order valence-electron chi connectivity index (χ2n) is 4.21. The van der Waals surface area contributed by atoms with Gasteiger partial charge >= 0.3 is 6.03 Å². The Morgan fingerprint density at radius 2 is 2.17 bits per heavy atom. The number of carbonyl (C=O) groups is 1. The molecule has 0 aromatic carbocycles. The van der Waals surface area contributed by atoms with E-state index in [4.69, 9.17) is 4.42 Å². The topological polar surface area (TPSA) is 87.4 Å². The quantitative estimate of drug-likeness (QED) is 0.714. The van der Waals surface area contributed by atoms with Crippen LogP contribution >= 0.6 is 0 Å². The van der Waals surface area contributed by atoms with Gasteiger partial charge in [-0.1, -0.05) is 6.92 Å². The number of aliphatic hydroxyl groups is 1. The van der Waals surface area contributed by atoms with Crippen LogP contribution in [-0.2, 0) is 6.54 Å². The summed E-state index contributed by atoms with van der Waals surface area (Å²) in [7, 11) is 0. The van der Waals surface area contributed by atoms with Crippen LogP contribution in [0.1, 0.15) is 37.1 Å². The van der Waals surface area contributed by atoms with Crippen molar-refractivity contribution in [1.82, 2.24) is 15.6 Å². The lowest BCUT2D eigenvalue weighted by Crippen LogP contribution is -2.36. The third-order valence-electron chi connectivity index (χ3n) is 2.71. The zero-order chi connectivity index (χ0) is 13.5. The van der Waals surface area contributed by atoms with E-state index in [1.54, 1.807) is 0 Å². The second-order valence-corrected chi connectivity index (χ2v) is 4.21. The molecule has 0 saturated carbocycles. The third kappa shape index (κ3) is 4.75. The number of nitrogens with one attached hydrogen (secondary N) is 2. The number of hydrogen-bond donors (Lipinski definition) is 3. The van der Waals surface area contributed by atoms with E-state index in [1.165, 1.54) is 0 Å². The predicted octanol–water partition coefficient (Wildman–Crippen LogP) is 1.25. The van der Waals surface area contributed by atoms with Crippen molar-refractivity contribution in [3.63, 3.8) is 0 Å². The van der Waals surface area contributed by atoms with Crippen LogP contribution in [0.25, 0.3) is 0 Å². The lowest BCUT2D eigenvalue weighted by Gasteiger charge is -2.09. The highest BCUT2D eigenvalue weighted by Crippen LogP contribution is 2.07. The molecule has 6 nitrogen and oxygen atoms in total. The molecule has 3 N–H and O–H groups in total. The molecule has 0 radical (unpaired) electrons. The number of rotatable bonds is 6. The van der Waals surface area contributed by atoms with E-state index in [0.717, 1.165) is 11.5 Å². The summed E-state index contributed by atoms with van der Waals surface area (Å²) in [5.41, 5.74) is 0.832. The van der Waals surface area contributed by atoms with Gasteiger partial charge < -0.3 is 20.2 Å². The Labute approximate surface area is 107 Å². The van der Waals surface area contributed by atoms with Gasteiger partial charge in [-0.25, -0.2) is 9.78 Å². The molecule has 0 aliphatic carbocycles. The number of aromatic nitrogens is 1. The number of aryl methyl sites for hydroxylation is 2. The summed E-state index contributed by atoms with van der Waals surface area (Å²) in [6.07, 6.45) is 0.890. The van der Waals surface area contributed by atoms with E-state index in [1.807, 2.05) is 20.8 Å². The van der Waals surface area contributed by atoms with Gasteiger partial charge in [-0.3, -0.25) is 0 Å². The van der Waals surface area contributed by atoms with Crippen LogP contribution in [-0.4, -0.2) is 28.8 Å². The molecular formula is C12H21N3O3. The van der Waals surface area contributed by atoms with Crippen LogP contribution in [0.3, 0.4) is 0 Å². The highest BCUT2D eigenvalue weighted by atomic mass is 16.4. The first-order chi connectivity index (χ1) is 8.52. The maximum atomic E-state index is 11.4. The van der Waals surface area contributed by atoms with Gasteiger partial charge in [0.2, 0.25) is 5.89 Å². The van der Waals surface area contributed by atoms with Crippen LogP contribution in [0.5, 0.6) is 0 Å². The molecule has 0 aliphatic rings. The van der Waals surface area contributed by atoms with Crippen LogP contribution in [0.2, 0.25) is 0 Å². The molecule has 1 heterocycles. The number of urea groups is 1. The van der Waals surface area contributed by atoms with E-state index in [2.05, 4.69) is 15.6 Å². The van der Waals surface area contributed by atoms with Crippen LogP contribution in [0.15, 0.2) is 4.42 Å². The summed E-state index contributed by atoms with van der Waals surface area (Å²) in [5.74, 6) is 1.26. The molecule has 0 spiro atoms. The SMILES string of the molecule is CCC(O)CCNC(=O)NCc1nc(C)c(C)o1. The molecule has 0 fully saturated rings. The first-order valence-electron chi connectivity index (χ1n) is 6.15. The highest BCUT2D eigenvalue weighted by Gasteiger charge is 2.07. The molecule has 2 amide bonds. The summed E-state index contributed by atoms with van der Waals surface area (Å²) in [6, 6.07) is -0.285. The smallest absolute Gasteiger partial charge is 0.315 e. The summed E-state index contributed by atoms with van der Waals surface area (Å²) in [5, 5.41) is 14.6. The largest absolute Gasteiger partial charge is 0.444 e. The van der Waals surface area contributed by atoms with Crippen molar-refractivity contribution in [2.75, 3.05) is 6.54 Å². The van der Waals surface area contributed by atoms with Gasteiger partial charge in [-0.15, -0.1) is 0 Å². The first-order valence-corrected chi connectivity index (χ1v) is 6.15. The zero-order valence-electron chi connectivity index (χ0n) is 11.1. The van der Waals surface area contributed by atoms with E-state index in [0.29, 0.717) is 25.3 Å². The molecule has 0 saturated heterocycles. The number of amides is 2. The average molecular weight is 255 g/mol. The lowest BCUT2D eigenvalue weighted by molar-refractivity contribution is 0.160. The van der Waals surface area contributed by atoms with E-state index in [-0.39, 0.29) is 18.7 Å². The Bertz CT molecular complexity index is 370. The van der Waals surface area contributed by atoms with Gasteiger partial charge in [0.15, 0.2) is 0 Å². The standard InChI is InChI=1S/C12H21N3O3/c1-4-10(16)5-6-13-12(17)14-7-11-15-8(2)9(3)18-11/h10,16H,4-7H2,1-3H3,(H2,13,14,17). The molecule has 1 unspecified atom stereocenters. The Hall–Kier alpha value is -1.56. The lowest BCUT2D eigenvalue weighted by atomic mass is 10.2. The van der Waals surface area contributed by atoms with E-state index in [9.17, 15) is 9.90 Å². The molecule has 6 heteroatoms. The number of aliphatic hydroxyl groups excluding tert-OH is 1. The van der Waals surface area contributed by atoms with Crippen molar-refractivity contribution < 1.29 is 14.3 Å². The Balaban J connectivity index is 2.21. The predicted molar refractivity (Wildman–Crippen MR) is 67.1 cm³/mol. The number of nitrogens with zero attached hydrogens (tertiary/aromatic N) is 1. The fourth-order valence-electron chi connectivity index (χ4n) is 1.39. The monoisotopic (exact) mass is 255 g/mol. The minimum absolute atomic E-state index is 0.261. The average Bonchev–Trinajstić information content (AvgIpc) is 2.66. The highest BCUT2D eigenvalue weighted by molar-refractivity contribution is 5.73. The first kappa shape index (κ1) is 14.5. The Morgan fingerprint density at radius 1 is 1.44 bits per heavy atom. The molecule has 102 valence electrons. The molecule has 1 atom stereocenters. The Morgan fingerprint density at radius 3 is 2.72 bits per heavy atom. The zero-order valence-corrected chi connectivity index (χ0v) is 11.1. The molecular weight excluding hydrogens is 234 g/mol. The van der Waals surface area contributed by atoms with Crippen molar-refractivity contribution >= 4 is 6.03 Å². The maximum Gasteiger partial charge on any atom is 0.315 e. The second kappa shape index (κ2) is 7.00. The molecule has 1 aromatic rings. The van der Waals surface area contributed by atoms with Gasteiger partial charge in [-0.2, -0.15) is 0 Å². The van der Waals surface area contributed by atoms with Gasteiger partial charge in [0.05, 0.1) is 18.3 Å². The maximum absolute atomic E-state index is 11.4. The number of hydrogen-bond acceptors (Lipinski definition) is 4. The van der Waals surface area contributed by atoms with Crippen molar-refractivity contribution in [3.8, 4) is 0 Å². The van der Waals surface area contributed by atoms with E-state index >= 15 is 0 Å². The van der Waals surface area contributed by atoms with Gasteiger partial charge in [-0.05, 0) is 26.7 Å². The van der Waals surface area contributed by atoms with Crippen molar-refractivity contribution in [2.24, 2.45) is 0 Å². The molecule has 0 bridgehead atoms. The number of carbonyl (C=O) groups excluding carboxylic acids is 1. The van der Waals surface area contributed by atoms with Crippen molar-refractivity contribution in [2.45, 2.75) is 46.3 Å². The molecule has 1 rings (SSSR count). The van der Waals surface area contributed by atoms with Crippen LogP contribution in [0, 0.1) is 13.8 Å². The fourth-order valence-corrected chi connectivity index (χ4v) is 1.39. The van der Waals surface area contributed by atoms with Gasteiger partial charge in [0.25, 0.3) is 0 Å².